The van der Waals surface area contributed by atoms with Gasteiger partial charge in [0.25, 0.3) is 0 Å². The van der Waals surface area contributed by atoms with Crippen LogP contribution in [0.5, 0.6) is 0 Å². The number of rotatable bonds is 3. The van der Waals surface area contributed by atoms with Crippen molar-refractivity contribution in [1.29, 1.82) is 0 Å². The van der Waals surface area contributed by atoms with Crippen LogP contribution in [-0.2, 0) is 4.79 Å². The Balaban J connectivity index is 2.09. The smallest absolute Gasteiger partial charge is 0.436 e. The highest BCUT2D eigenvalue weighted by atomic mass is 19.4. The van der Waals surface area contributed by atoms with Gasteiger partial charge in [0.05, 0.1) is 0 Å². The van der Waals surface area contributed by atoms with Gasteiger partial charge in [-0.05, 0) is 49.7 Å². The third kappa shape index (κ3) is 3.26. The van der Waals surface area contributed by atoms with Crippen LogP contribution in [0, 0.1) is 12.7 Å². The number of aromatic nitrogens is 1. The van der Waals surface area contributed by atoms with Crippen molar-refractivity contribution in [3.63, 3.8) is 0 Å². The second kappa shape index (κ2) is 6.44. The highest BCUT2D eigenvalue weighted by Crippen LogP contribution is 2.32. The number of aryl methyl sites for hydroxylation is 1. The van der Waals surface area contributed by atoms with Crippen molar-refractivity contribution in [3.8, 4) is 11.5 Å². The second-order valence-electron chi connectivity index (χ2n) is 5.69. The van der Waals surface area contributed by atoms with Gasteiger partial charge in [-0.1, -0.05) is 6.07 Å². The average Bonchev–Trinajstić information content (AvgIpc) is 2.99. The summed E-state index contributed by atoms with van der Waals surface area (Å²) in [7, 11) is 0. The van der Waals surface area contributed by atoms with Gasteiger partial charge in [-0.15, -0.1) is 0 Å². The molecule has 0 aliphatic carbocycles. The molecule has 0 aliphatic rings. The Kier molecular flexibility index (Phi) is 4.43. The molecule has 0 radical (unpaired) electrons. The summed E-state index contributed by atoms with van der Waals surface area (Å²) in [6.07, 6.45) is -4.98. The molecular weight excluding hydrogens is 352 g/mol. The Morgan fingerprint density at radius 2 is 1.96 bits per heavy atom. The van der Waals surface area contributed by atoms with Crippen molar-refractivity contribution in [1.82, 2.24) is 4.98 Å². The monoisotopic (exact) mass is 366 g/mol. The largest absolute Gasteiger partial charge is 0.471 e. The number of hydrogen-bond acceptors (Lipinski definition) is 3. The summed E-state index contributed by atoms with van der Waals surface area (Å²) >= 11 is 0. The topological polar surface area (TPSA) is 46.3 Å². The van der Waals surface area contributed by atoms with Crippen LogP contribution in [0.4, 0.5) is 23.2 Å². The first kappa shape index (κ1) is 17.9. The fraction of sp³-hybridized carbons (Fsp3) is 0.222. The third-order valence-corrected chi connectivity index (χ3v) is 3.85. The molecule has 0 fully saturated rings. The first-order chi connectivity index (χ1) is 12.2. The molecule has 0 bridgehead atoms. The first-order valence-electron chi connectivity index (χ1n) is 7.76. The number of carbonyl (C=O) groups is 1. The molecule has 4 nitrogen and oxygen atoms in total. The molecule has 3 aromatic rings. The minimum Gasteiger partial charge on any atom is -0.436 e. The van der Waals surface area contributed by atoms with Crippen molar-refractivity contribution in [2.45, 2.75) is 20.0 Å². The SMILES string of the molecule is CCN(C(=O)C(F)(F)F)c1cc(C)c2oc(-c3cccc(F)c3)nc2c1. The predicted octanol–water partition coefficient (Wildman–Crippen LogP) is 4.86. The van der Waals surface area contributed by atoms with Crippen molar-refractivity contribution in [2.75, 3.05) is 11.4 Å². The van der Waals surface area contributed by atoms with Crippen LogP contribution in [0.25, 0.3) is 22.6 Å². The van der Waals surface area contributed by atoms with Crippen LogP contribution in [0.3, 0.4) is 0 Å². The lowest BCUT2D eigenvalue weighted by Crippen LogP contribution is -2.41. The van der Waals surface area contributed by atoms with Gasteiger partial charge in [0.15, 0.2) is 5.58 Å². The minimum atomic E-state index is -4.98. The normalized spacial score (nSPS) is 11.8. The van der Waals surface area contributed by atoms with E-state index < -0.39 is 17.9 Å². The number of amides is 1. The highest BCUT2D eigenvalue weighted by Gasteiger charge is 2.42. The van der Waals surface area contributed by atoms with Gasteiger partial charge in [0, 0.05) is 17.8 Å². The molecule has 0 unspecified atom stereocenters. The van der Waals surface area contributed by atoms with E-state index in [1.165, 1.54) is 37.3 Å². The van der Waals surface area contributed by atoms with Crippen LogP contribution in [0.15, 0.2) is 40.8 Å². The maximum atomic E-state index is 13.4. The van der Waals surface area contributed by atoms with E-state index in [4.69, 9.17) is 4.42 Å². The van der Waals surface area contributed by atoms with E-state index in [0.717, 1.165) is 0 Å². The lowest BCUT2D eigenvalue weighted by atomic mass is 10.1. The first-order valence-corrected chi connectivity index (χ1v) is 7.76. The van der Waals surface area contributed by atoms with Gasteiger partial charge in [-0.2, -0.15) is 13.2 Å². The van der Waals surface area contributed by atoms with Gasteiger partial charge >= 0.3 is 12.1 Å². The maximum Gasteiger partial charge on any atom is 0.471 e. The van der Waals surface area contributed by atoms with E-state index in [-0.39, 0.29) is 23.6 Å². The molecule has 136 valence electrons. The van der Waals surface area contributed by atoms with Gasteiger partial charge < -0.3 is 9.32 Å². The molecule has 0 saturated heterocycles. The van der Waals surface area contributed by atoms with Crippen LogP contribution in [0.2, 0.25) is 0 Å². The number of benzene rings is 2. The molecule has 1 aromatic heterocycles. The van der Waals surface area contributed by atoms with E-state index in [0.29, 0.717) is 21.6 Å². The van der Waals surface area contributed by atoms with Gasteiger partial charge in [-0.25, -0.2) is 9.37 Å². The number of hydrogen-bond donors (Lipinski definition) is 0. The number of carbonyl (C=O) groups excluding carboxylic acids is 1. The summed E-state index contributed by atoms with van der Waals surface area (Å²) in [5, 5.41) is 0. The molecular formula is C18H14F4N2O2. The fourth-order valence-electron chi connectivity index (χ4n) is 2.68. The summed E-state index contributed by atoms with van der Waals surface area (Å²) in [5.41, 5.74) is 1.64. The molecule has 0 spiro atoms. The summed E-state index contributed by atoms with van der Waals surface area (Å²) in [4.78, 5) is 16.5. The summed E-state index contributed by atoms with van der Waals surface area (Å²) in [6.45, 7) is 2.93. The lowest BCUT2D eigenvalue weighted by Gasteiger charge is -2.22. The van der Waals surface area contributed by atoms with Gasteiger partial charge in [0.1, 0.15) is 11.3 Å². The number of anilines is 1. The molecule has 1 amide bonds. The average molecular weight is 366 g/mol. The maximum absolute atomic E-state index is 13.4. The van der Waals surface area contributed by atoms with Crippen molar-refractivity contribution in [3.05, 3.63) is 47.8 Å². The summed E-state index contributed by atoms with van der Waals surface area (Å²) < 4.78 is 57.4. The zero-order chi connectivity index (χ0) is 19.1. The zero-order valence-corrected chi connectivity index (χ0v) is 13.9. The van der Waals surface area contributed by atoms with Crippen LogP contribution in [-0.4, -0.2) is 23.6 Å². The lowest BCUT2D eigenvalue weighted by molar-refractivity contribution is -0.170. The molecule has 3 rings (SSSR count). The van der Waals surface area contributed by atoms with Crippen LogP contribution in [0.1, 0.15) is 12.5 Å². The third-order valence-electron chi connectivity index (χ3n) is 3.85. The molecule has 0 atom stereocenters. The number of halogens is 4. The van der Waals surface area contributed by atoms with Gasteiger partial charge in [-0.3, -0.25) is 4.79 Å². The quantitative estimate of drug-likeness (QED) is 0.622. The van der Waals surface area contributed by atoms with E-state index in [2.05, 4.69) is 4.98 Å². The molecule has 1 heterocycles. The molecule has 0 saturated carbocycles. The summed E-state index contributed by atoms with van der Waals surface area (Å²) in [6, 6.07) is 8.40. The molecule has 2 aromatic carbocycles. The van der Waals surface area contributed by atoms with Crippen molar-refractivity contribution >= 4 is 22.7 Å². The van der Waals surface area contributed by atoms with Gasteiger partial charge in [0.2, 0.25) is 5.89 Å². The molecule has 0 aliphatic heterocycles. The Morgan fingerprint density at radius 3 is 2.58 bits per heavy atom. The standard InChI is InChI=1S/C18H14F4N2O2/c1-3-24(17(25)18(20,21)22)13-7-10(2)15-14(9-13)23-16(26-15)11-5-4-6-12(19)8-11/h4-9H,3H2,1-2H3. The highest BCUT2D eigenvalue weighted by molar-refractivity contribution is 5.99. The zero-order valence-electron chi connectivity index (χ0n) is 13.9. The molecule has 26 heavy (non-hydrogen) atoms. The predicted molar refractivity (Wildman–Crippen MR) is 88.2 cm³/mol. The van der Waals surface area contributed by atoms with Crippen molar-refractivity contribution < 1.29 is 26.8 Å². The Hall–Kier alpha value is -2.90. The van der Waals surface area contributed by atoms with E-state index in [1.807, 2.05) is 0 Å². The number of alkyl halides is 3. The van der Waals surface area contributed by atoms with Crippen LogP contribution < -0.4 is 4.90 Å². The number of fused-ring (bicyclic) bond motifs is 1. The number of oxazole rings is 1. The van der Waals surface area contributed by atoms with Crippen molar-refractivity contribution in [2.24, 2.45) is 0 Å². The molecule has 0 N–H and O–H groups in total. The van der Waals surface area contributed by atoms with E-state index >= 15 is 0 Å². The fourth-order valence-corrected chi connectivity index (χ4v) is 2.68. The Morgan fingerprint density at radius 1 is 1.23 bits per heavy atom. The van der Waals surface area contributed by atoms with Crippen LogP contribution >= 0.6 is 0 Å². The van der Waals surface area contributed by atoms with E-state index in [1.54, 1.807) is 13.0 Å². The number of nitrogens with zero attached hydrogens (tertiary/aromatic N) is 2. The Bertz CT molecular complexity index is 979. The summed E-state index contributed by atoms with van der Waals surface area (Å²) in [5.74, 6) is -2.27. The second-order valence-corrected chi connectivity index (χ2v) is 5.69. The Labute approximate surface area is 146 Å². The molecule has 8 heteroatoms. The van der Waals surface area contributed by atoms with E-state index in [9.17, 15) is 22.4 Å². The minimum absolute atomic E-state index is 0.0684.